The Bertz CT molecular complexity index is 486. The Balaban J connectivity index is 2.27. The van der Waals surface area contributed by atoms with Crippen LogP contribution in [0.3, 0.4) is 0 Å². The Kier molecular flexibility index (Phi) is 2.64. The molecule has 1 aliphatic rings. The highest BCUT2D eigenvalue weighted by molar-refractivity contribution is 6.06. The predicted molar refractivity (Wildman–Crippen MR) is 59.8 cm³/mol. The van der Waals surface area contributed by atoms with Crippen LogP contribution in [0.15, 0.2) is 22.8 Å². The van der Waals surface area contributed by atoms with Gasteiger partial charge < -0.3 is 9.73 Å². The van der Waals surface area contributed by atoms with Crippen LogP contribution in [0.2, 0.25) is 0 Å². The van der Waals surface area contributed by atoms with E-state index in [9.17, 15) is 9.59 Å². The van der Waals surface area contributed by atoms with Crippen LogP contribution in [0.5, 0.6) is 0 Å². The van der Waals surface area contributed by atoms with Crippen LogP contribution in [-0.4, -0.2) is 23.4 Å². The van der Waals surface area contributed by atoms with Crippen molar-refractivity contribution in [1.82, 2.24) is 10.2 Å². The maximum atomic E-state index is 12.2. The second-order valence-electron chi connectivity index (χ2n) is 3.94. The van der Waals surface area contributed by atoms with Gasteiger partial charge in [0.15, 0.2) is 5.54 Å². The van der Waals surface area contributed by atoms with Crippen LogP contribution in [-0.2, 0) is 10.3 Å². The number of hydrogen-bond donors (Lipinski definition) is 1. The Hall–Kier alpha value is -2.22. The number of nitrogens with zero attached hydrogens (tertiary/aromatic N) is 1. The molecule has 2 heterocycles. The van der Waals surface area contributed by atoms with Gasteiger partial charge in [0, 0.05) is 13.0 Å². The number of urea groups is 1. The van der Waals surface area contributed by atoms with Gasteiger partial charge in [0.05, 0.1) is 6.26 Å². The summed E-state index contributed by atoms with van der Waals surface area (Å²) in [5.74, 6) is 2.48. The van der Waals surface area contributed by atoms with E-state index in [2.05, 4.69) is 11.2 Å². The molecule has 0 spiro atoms. The summed E-state index contributed by atoms with van der Waals surface area (Å²) in [6, 6.07) is 2.89. The van der Waals surface area contributed by atoms with Gasteiger partial charge in [-0.1, -0.05) is 0 Å². The van der Waals surface area contributed by atoms with Crippen molar-refractivity contribution in [2.45, 2.75) is 18.9 Å². The lowest BCUT2D eigenvalue weighted by molar-refractivity contribution is -0.131. The molecule has 1 aliphatic heterocycles. The highest BCUT2D eigenvalue weighted by atomic mass is 16.3. The number of rotatable bonds is 3. The van der Waals surface area contributed by atoms with Gasteiger partial charge in [0.25, 0.3) is 5.91 Å². The molecule has 0 bridgehead atoms. The summed E-state index contributed by atoms with van der Waals surface area (Å²) >= 11 is 0. The minimum Gasteiger partial charge on any atom is -0.466 e. The summed E-state index contributed by atoms with van der Waals surface area (Å²) in [7, 11) is 0. The maximum Gasteiger partial charge on any atom is 0.325 e. The first-order chi connectivity index (χ1) is 8.09. The van der Waals surface area contributed by atoms with Crippen molar-refractivity contribution >= 4 is 11.9 Å². The minimum atomic E-state index is -1.13. The molecule has 5 heteroatoms. The highest BCUT2D eigenvalue weighted by Gasteiger charge is 2.50. The van der Waals surface area contributed by atoms with Gasteiger partial charge in [0.2, 0.25) is 0 Å². The van der Waals surface area contributed by atoms with E-state index in [1.54, 1.807) is 19.1 Å². The number of terminal acetylenes is 1. The molecule has 0 radical (unpaired) electrons. The monoisotopic (exact) mass is 232 g/mol. The van der Waals surface area contributed by atoms with E-state index >= 15 is 0 Å². The van der Waals surface area contributed by atoms with Gasteiger partial charge in [0.1, 0.15) is 5.76 Å². The second kappa shape index (κ2) is 3.98. The molecule has 1 aromatic heterocycles. The zero-order chi connectivity index (χ0) is 12.5. The first kappa shape index (κ1) is 11.3. The van der Waals surface area contributed by atoms with E-state index in [-0.39, 0.29) is 12.5 Å². The summed E-state index contributed by atoms with van der Waals surface area (Å²) in [5, 5.41) is 2.62. The Morgan fingerprint density at radius 3 is 2.94 bits per heavy atom. The Labute approximate surface area is 98.8 Å². The maximum absolute atomic E-state index is 12.2. The molecule has 0 saturated carbocycles. The number of amides is 3. The second-order valence-corrected chi connectivity index (χ2v) is 3.94. The molecule has 2 rings (SSSR count). The SMILES string of the molecule is C#CCCN1C(=O)N[C@@](C)(c2ccco2)C1=O. The van der Waals surface area contributed by atoms with Crippen LogP contribution in [0.25, 0.3) is 0 Å². The van der Waals surface area contributed by atoms with Gasteiger partial charge in [-0.2, -0.15) is 0 Å². The fraction of sp³-hybridized carbons (Fsp3) is 0.333. The summed E-state index contributed by atoms with van der Waals surface area (Å²) in [6.07, 6.45) is 6.92. The van der Waals surface area contributed by atoms with E-state index in [1.165, 1.54) is 6.26 Å². The molecule has 1 aromatic rings. The van der Waals surface area contributed by atoms with Crippen molar-refractivity contribution < 1.29 is 14.0 Å². The first-order valence-corrected chi connectivity index (χ1v) is 5.21. The lowest BCUT2D eigenvalue weighted by Crippen LogP contribution is -2.40. The predicted octanol–water partition coefficient (Wildman–Crippen LogP) is 1.07. The van der Waals surface area contributed by atoms with Crippen molar-refractivity contribution in [1.29, 1.82) is 0 Å². The third-order valence-electron chi connectivity index (χ3n) is 2.77. The lowest BCUT2D eigenvalue weighted by Gasteiger charge is -2.18. The molecule has 17 heavy (non-hydrogen) atoms. The number of furan rings is 1. The Morgan fingerprint density at radius 1 is 1.59 bits per heavy atom. The van der Waals surface area contributed by atoms with Crippen LogP contribution in [0.4, 0.5) is 4.79 Å². The van der Waals surface area contributed by atoms with E-state index < -0.39 is 11.6 Å². The smallest absolute Gasteiger partial charge is 0.325 e. The van der Waals surface area contributed by atoms with Crippen LogP contribution < -0.4 is 5.32 Å². The summed E-state index contributed by atoms with van der Waals surface area (Å²) < 4.78 is 5.19. The fourth-order valence-corrected chi connectivity index (χ4v) is 1.81. The zero-order valence-corrected chi connectivity index (χ0v) is 9.40. The number of carbonyl (C=O) groups excluding carboxylic acids is 2. The molecule has 5 nitrogen and oxygen atoms in total. The van der Waals surface area contributed by atoms with Crippen molar-refractivity contribution in [2.75, 3.05) is 6.54 Å². The third kappa shape index (κ3) is 1.68. The van der Waals surface area contributed by atoms with Crippen LogP contribution in [0, 0.1) is 12.3 Å². The lowest BCUT2D eigenvalue weighted by atomic mass is 9.99. The number of imide groups is 1. The molecule has 1 fully saturated rings. The number of nitrogens with one attached hydrogen (secondary N) is 1. The van der Waals surface area contributed by atoms with Crippen LogP contribution >= 0.6 is 0 Å². The van der Waals surface area contributed by atoms with Gasteiger partial charge in [-0.15, -0.1) is 12.3 Å². The molecule has 1 saturated heterocycles. The summed E-state index contributed by atoms with van der Waals surface area (Å²) in [4.78, 5) is 25.0. The largest absolute Gasteiger partial charge is 0.466 e. The fourth-order valence-electron chi connectivity index (χ4n) is 1.81. The van der Waals surface area contributed by atoms with Gasteiger partial charge in [-0.3, -0.25) is 9.69 Å². The van der Waals surface area contributed by atoms with Crippen LogP contribution in [0.1, 0.15) is 19.1 Å². The zero-order valence-electron chi connectivity index (χ0n) is 9.40. The van der Waals surface area contributed by atoms with E-state index in [4.69, 9.17) is 10.8 Å². The molecule has 88 valence electrons. The number of hydrogen-bond acceptors (Lipinski definition) is 3. The summed E-state index contributed by atoms with van der Waals surface area (Å²) in [5.41, 5.74) is -1.13. The van der Waals surface area contributed by atoms with Gasteiger partial charge >= 0.3 is 6.03 Å². The standard InChI is InChI=1S/C12H12N2O3/c1-3-4-7-14-10(15)12(2,13-11(14)16)9-6-5-8-17-9/h1,5-6,8H,4,7H2,2H3,(H,13,16)/t12-/m0/s1. The highest BCUT2D eigenvalue weighted by Crippen LogP contribution is 2.28. The van der Waals surface area contributed by atoms with Crippen molar-refractivity contribution in [2.24, 2.45) is 0 Å². The minimum absolute atomic E-state index is 0.220. The van der Waals surface area contributed by atoms with E-state index in [0.717, 1.165) is 4.90 Å². The molecule has 0 aromatic carbocycles. The Morgan fingerprint density at radius 2 is 2.35 bits per heavy atom. The van der Waals surface area contributed by atoms with Gasteiger partial charge in [-0.05, 0) is 19.1 Å². The van der Waals surface area contributed by atoms with E-state index in [0.29, 0.717) is 12.2 Å². The molecule has 0 unspecified atom stereocenters. The molecular weight excluding hydrogens is 220 g/mol. The molecular formula is C12H12N2O3. The number of carbonyl (C=O) groups is 2. The topological polar surface area (TPSA) is 62.6 Å². The molecule has 3 amide bonds. The first-order valence-electron chi connectivity index (χ1n) is 5.21. The van der Waals surface area contributed by atoms with E-state index in [1.807, 2.05) is 0 Å². The molecule has 0 aliphatic carbocycles. The quantitative estimate of drug-likeness (QED) is 0.626. The third-order valence-corrected chi connectivity index (χ3v) is 2.77. The van der Waals surface area contributed by atoms with Crippen molar-refractivity contribution in [3.05, 3.63) is 24.2 Å². The normalized spacial score (nSPS) is 23.6. The average molecular weight is 232 g/mol. The van der Waals surface area contributed by atoms with Crippen molar-refractivity contribution in [3.8, 4) is 12.3 Å². The molecule has 1 N–H and O–H groups in total. The average Bonchev–Trinajstić information content (AvgIpc) is 2.88. The summed E-state index contributed by atoms with van der Waals surface area (Å²) in [6.45, 7) is 1.83. The molecule has 1 atom stereocenters. The van der Waals surface area contributed by atoms with Gasteiger partial charge in [-0.25, -0.2) is 4.79 Å². The van der Waals surface area contributed by atoms with Crippen molar-refractivity contribution in [3.63, 3.8) is 0 Å².